The molecule has 2 N–H and O–H groups in total. The lowest BCUT2D eigenvalue weighted by Crippen LogP contribution is -2.14. The van der Waals surface area contributed by atoms with E-state index in [9.17, 15) is 19.8 Å². The molecule has 0 fully saturated rings. The van der Waals surface area contributed by atoms with Crippen LogP contribution in [0, 0.1) is 27.7 Å². The van der Waals surface area contributed by atoms with E-state index in [2.05, 4.69) is 0 Å². The molecule has 6 heteroatoms. The summed E-state index contributed by atoms with van der Waals surface area (Å²) < 4.78 is 9.61. The quantitative estimate of drug-likeness (QED) is 0.431. The molecule has 0 aromatic heterocycles. The molecule has 0 aliphatic heterocycles. The highest BCUT2D eigenvalue weighted by Gasteiger charge is 2.33. The number of aromatic hydroxyl groups is 2. The van der Waals surface area contributed by atoms with E-state index in [1.54, 1.807) is 12.1 Å². The zero-order valence-electron chi connectivity index (χ0n) is 19.0. The van der Waals surface area contributed by atoms with Crippen molar-refractivity contribution in [2.75, 3.05) is 14.2 Å². The number of aryl methyl sites for hydroxylation is 4. The Morgan fingerprint density at radius 2 is 0.969 bits per heavy atom. The van der Waals surface area contributed by atoms with Gasteiger partial charge in [0.1, 0.15) is 22.6 Å². The van der Waals surface area contributed by atoms with E-state index >= 15 is 0 Å². The second-order valence-corrected chi connectivity index (χ2v) is 7.78. The number of hydrogen-bond donors (Lipinski definition) is 2. The van der Waals surface area contributed by atoms with Crippen molar-refractivity contribution in [2.24, 2.45) is 0 Å². The molecule has 6 nitrogen and oxygen atoms in total. The molecule has 0 atom stereocenters. The minimum Gasteiger partial charge on any atom is -0.506 e. The molecule has 0 bridgehead atoms. The minimum absolute atomic E-state index is 0.224. The Kier molecular flexibility index (Phi) is 6.25. The van der Waals surface area contributed by atoms with Crippen LogP contribution in [0.2, 0.25) is 0 Å². The largest absolute Gasteiger partial charge is 0.506 e. The van der Waals surface area contributed by atoms with E-state index in [4.69, 9.17) is 9.47 Å². The lowest BCUT2D eigenvalue weighted by atomic mass is 9.86. The Hall–Kier alpha value is -3.80. The second-order valence-electron chi connectivity index (χ2n) is 7.78. The Morgan fingerprint density at radius 3 is 1.25 bits per heavy atom. The van der Waals surface area contributed by atoms with Crippen molar-refractivity contribution in [3.05, 3.63) is 69.8 Å². The van der Waals surface area contributed by atoms with Crippen LogP contribution in [-0.4, -0.2) is 36.4 Å². The molecule has 0 spiro atoms. The van der Waals surface area contributed by atoms with Crippen LogP contribution in [0.25, 0.3) is 22.3 Å². The molecule has 0 radical (unpaired) electrons. The lowest BCUT2D eigenvalue weighted by molar-refractivity contribution is 0.0549. The third kappa shape index (κ3) is 3.80. The van der Waals surface area contributed by atoms with Gasteiger partial charge in [-0.3, -0.25) is 0 Å². The Balaban J connectivity index is 2.56. The molecule has 0 aliphatic carbocycles. The van der Waals surface area contributed by atoms with Crippen LogP contribution < -0.4 is 0 Å². The number of phenolic OH excluding ortho intramolecular Hbond substituents is 2. The summed E-state index contributed by atoms with van der Waals surface area (Å²) in [6, 6.07) is 11.1. The van der Waals surface area contributed by atoms with Crippen LogP contribution in [0.4, 0.5) is 0 Å². The standard InChI is InChI=1S/C26H26O6/c1-13-7-9-17(11-15(13)3)19-20(18-10-8-14(2)16(4)12-18)24(28)22(26(30)32-6)21(23(19)27)25(29)31-5/h7-12,27-28H,1-6H3. The summed E-state index contributed by atoms with van der Waals surface area (Å²) in [6.45, 7) is 7.77. The highest BCUT2D eigenvalue weighted by atomic mass is 16.5. The number of phenols is 2. The SMILES string of the molecule is COC(=O)c1c(O)c(-c2ccc(C)c(C)c2)c(-c2ccc(C)c(C)c2)c(O)c1C(=O)OC. The summed E-state index contributed by atoms with van der Waals surface area (Å²) in [6.07, 6.45) is 0. The zero-order chi connectivity index (χ0) is 23.7. The molecule has 3 aromatic rings. The highest BCUT2D eigenvalue weighted by molar-refractivity contribution is 6.12. The first-order valence-electron chi connectivity index (χ1n) is 10.1. The van der Waals surface area contributed by atoms with Gasteiger partial charge < -0.3 is 19.7 Å². The number of ether oxygens (including phenoxy) is 2. The van der Waals surface area contributed by atoms with Crippen molar-refractivity contribution in [3.8, 4) is 33.8 Å². The molecule has 166 valence electrons. The van der Waals surface area contributed by atoms with Gasteiger partial charge in [0.05, 0.1) is 14.2 Å². The first-order valence-corrected chi connectivity index (χ1v) is 10.1. The van der Waals surface area contributed by atoms with Gasteiger partial charge in [0.25, 0.3) is 0 Å². The number of carbonyl (C=O) groups is 2. The smallest absolute Gasteiger partial charge is 0.342 e. The summed E-state index contributed by atoms with van der Waals surface area (Å²) in [5, 5.41) is 22.6. The average molecular weight is 434 g/mol. The van der Waals surface area contributed by atoms with Crippen LogP contribution in [0.5, 0.6) is 11.5 Å². The fourth-order valence-corrected chi connectivity index (χ4v) is 3.68. The van der Waals surface area contributed by atoms with E-state index in [1.165, 1.54) is 0 Å². The molecule has 0 amide bonds. The average Bonchev–Trinajstić information content (AvgIpc) is 2.77. The summed E-state index contributed by atoms with van der Waals surface area (Å²) in [5.41, 5.74) is 4.73. The normalized spacial score (nSPS) is 10.7. The molecular weight excluding hydrogens is 408 g/mol. The van der Waals surface area contributed by atoms with Crippen molar-refractivity contribution in [2.45, 2.75) is 27.7 Å². The van der Waals surface area contributed by atoms with Crippen molar-refractivity contribution < 1.29 is 29.3 Å². The first kappa shape index (κ1) is 22.9. The molecule has 0 saturated carbocycles. The summed E-state index contributed by atoms with van der Waals surface area (Å²) in [5.74, 6) is -2.86. The molecule has 0 saturated heterocycles. The van der Waals surface area contributed by atoms with Crippen LogP contribution in [0.15, 0.2) is 36.4 Å². The van der Waals surface area contributed by atoms with Gasteiger partial charge in [-0.05, 0) is 61.1 Å². The van der Waals surface area contributed by atoms with Gasteiger partial charge in [-0.25, -0.2) is 9.59 Å². The number of esters is 2. The third-order valence-corrected chi connectivity index (χ3v) is 5.82. The Labute approximate surface area is 187 Å². The number of hydrogen-bond acceptors (Lipinski definition) is 6. The molecule has 3 aromatic carbocycles. The molecule has 0 heterocycles. The number of carbonyl (C=O) groups excluding carboxylic acids is 2. The van der Waals surface area contributed by atoms with Crippen molar-refractivity contribution >= 4 is 11.9 Å². The van der Waals surface area contributed by atoms with Crippen LogP contribution in [-0.2, 0) is 9.47 Å². The van der Waals surface area contributed by atoms with Crippen molar-refractivity contribution in [3.63, 3.8) is 0 Å². The number of benzene rings is 3. The van der Waals surface area contributed by atoms with E-state index < -0.39 is 34.6 Å². The maximum absolute atomic E-state index is 12.6. The number of methoxy groups -OCH3 is 2. The molecule has 32 heavy (non-hydrogen) atoms. The van der Waals surface area contributed by atoms with Crippen molar-refractivity contribution in [1.82, 2.24) is 0 Å². The fourth-order valence-electron chi connectivity index (χ4n) is 3.68. The Morgan fingerprint density at radius 1 is 0.625 bits per heavy atom. The van der Waals surface area contributed by atoms with E-state index in [1.807, 2.05) is 52.0 Å². The van der Waals surface area contributed by atoms with Crippen molar-refractivity contribution in [1.29, 1.82) is 0 Å². The molecule has 0 unspecified atom stereocenters. The second kappa shape index (κ2) is 8.75. The summed E-state index contributed by atoms with van der Waals surface area (Å²) in [4.78, 5) is 25.2. The van der Waals surface area contributed by atoms with Gasteiger partial charge in [-0.1, -0.05) is 36.4 Å². The molecular formula is C26H26O6. The van der Waals surface area contributed by atoms with Crippen LogP contribution >= 0.6 is 0 Å². The highest BCUT2D eigenvalue weighted by Crippen LogP contribution is 2.49. The van der Waals surface area contributed by atoms with E-state index in [-0.39, 0.29) is 11.1 Å². The minimum atomic E-state index is -0.963. The van der Waals surface area contributed by atoms with E-state index in [0.29, 0.717) is 11.1 Å². The lowest BCUT2D eigenvalue weighted by Gasteiger charge is -2.21. The maximum atomic E-state index is 12.6. The summed E-state index contributed by atoms with van der Waals surface area (Å²) >= 11 is 0. The zero-order valence-corrected chi connectivity index (χ0v) is 19.0. The predicted molar refractivity (Wildman–Crippen MR) is 122 cm³/mol. The topological polar surface area (TPSA) is 93.1 Å². The van der Waals surface area contributed by atoms with Gasteiger partial charge in [-0.15, -0.1) is 0 Å². The fraction of sp³-hybridized carbons (Fsp3) is 0.231. The third-order valence-electron chi connectivity index (χ3n) is 5.82. The van der Waals surface area contributed by atoms with Gasteiger partial charge >= 0.3 is 11.9 Å². The Bertz CT molecular complexity index is 1140. The maximum Gasteiger partial charge on any atom is 0.342 e. The summed E-state index contributed by atoms with van der Waals surface area (Å²) in [7, 11) is 2.26. The monoisotopic (exact) mass is 434 g/mol. The van der Waals surface area contributed by atoms with Crippen LogP contribution in [0.1, 0.15) is 43.0 Å². The molecule has 3 rings (SSSR count). The van der Waals surface area contributed by atoms with Gasteiger partial charge in [-0.2, -0.15) is 0 Å². The first-order chi connectivity index (χ1) is 15.1. The van der Waals surface area contributed by atoms with Gasteiger partial charge in [0.2, 0.25) is 0 Å². The molecule has 0 aliphatic rings. The van der Waals surface area contributed by atoms with Gasteiger partial charge in [0, 0.05) is 11.1 Å². The predicted octanol–water partition coefficient (Wildman–Crippen LogP) is 5.24. The number of rotatable bonds is 4. The van der Waals surface area contributed by atoms with Crippen LogP contribution in [0.3, 0.4) is 0 Å². The van der Waals surface area contributed by atoms with E-state index in [0.717, 1.165) is 36.5 Å². The van der Waals surface area contributed by atoms with Gasteiger partial charge in [0.15, 0.2) is 0 Å².